The lowest BCUT2D eigenvalue weighted by Crippen LogP contribution is -2.50. The van der Waals surface area contributed by atoms with Gasteiger partial charge in [-0.3, -0.25) is 9.59 Å². The Labute approximate surface area is 246 Å². The van der Waals surface area contributed by atoms with E-state index in [1.165, 1.54) is 30.6 Å². The van der Waals surface area contributed by atoms with E-state index in [0.717, 1.165) is 5.56 Å². The molecule has 0 fully saturated rings. The highest BCUT2D eigenvalue weighted by atomic mass is 32.2. The molecular formula is C31H37N3O7S. The number of amides is 2. The molecule has 2 amide bonds. The minimum absolute atomic E-state index is 0.0140. The maximum atomic E-state index is 13.7. The first-order chi connectivity index (χ1) is 20.0. The zero-order chi connectivity index (χ0) is 30.4. The van der Waals surface area contributed by atoms with Crippen molar-refractivity contribution in [1.29, 1.82) is 0 Å². The molecule has 3 atom stereocenters. The van der Waals surface area contributed by atoms with E-state index in [9.17, 15) is 23.1 Å². The molecule has 0 saturated carbocycles. The molecule has 3 aromatic carbocycles. The average molecular weight is 596 g/mol. The van der Waals surface area contributed by atoms with E-state index in [4.69, 9.17) is 9.47 Å². The fourth-order valence-corrected chi connectivity index (χ4v) is 5.97. The highest BCUT2D eigenvalue weighted by Crippen LogP contribution is 2.31. The predicted molar refractivity (Wildman–Crippen MR) is 159 cm³/mol. The number of sulfonamides is 1. The fraction of sp³-hybridized carbons (Fsp3) is 0.355. The van der Waals surface area contributed by atoms with Crippen LogP contribution in [0.5, 0.6) is 11.5 Å². The van der Waals surface area contributed by atoms with Crippen molar-refractivity contribution in [3.05, 3.63) is 83.9 Å². The van der Waals surface area contributed by atoms with Crippen LogP contribution in [0.4, 0.5) is 5.69 Å². The Balaban J connectivity index is 1.61. The number of carbonyl (C=O) groups excluding carboxylic acids is 2. The third-order valence-electron chi connectivity index (χ3n) is 7.36. The van der Waals surface area contributed by atoms with Gasteiger partial charge in [0.2, 0.25) is 15.9 Å². The first-order valence-electron chi connectivity index (χ1n) is 13.7. The number of fused-ring (bicyclic) bond motifs is 1. The van der Waals surface area contributed by atoms with Gasteiger partial charge >= 0.3 is 0 Å². The van der Waals surface area contributed by atoms with Crippen molar-refractivity contribution < 1.29 is 32.6 Å². The normalized spacial score (nSPS) is 18.0. The third kappa shape index (κ3) is 7.10. The molecule has 0 radical (unpaired) electrons. The van der Waals surface area contributed by atoms with Gasteiger partial charge in [0.15, 0.2) is 0 Å². The maximum absolute atomic E-state index is 13.7. The molecule has 0 aliphatic carbocycles. The molecule has 0 unspecified atom stereocenters. The van der Waals surface area contributed by atoms with E-state index < -0.39 is 22.2 Å². The minimum Gasteiger partial charge on any atom is -0.497 e. The molecule has 0 spiro atoms. The first kappa shape index (κ1) is 31.0. The number of aliphatic hydroxyl groups is 1. The number of methoxy groups -OCH3 is 1. The Bertz CT molecular complexity index is 1500. The van der Waals surface area contributed by atoms with Gasteiger partial charge in [0.1, 0.15) is 17.6 Å². The summed E-state index contributed by atoms with van der Waals surface area (Å²) in [5, 5.41) is 12.8. The number of hydrogen-bond donors (Lipinski definition) is 2. The van der Waals surface area contributed by atoms with Crippen molar-refractivity contribution in [3.63, 3.8) is 0 Å². The molecule has 0 bridgehead atoms. The second kappa shape index (κ2) is 13.4. The molecule has 11 heteroatoms. The maximum Gasteiger partial charge on any atom is 0.258 e. The van der Waals surface area contributed by atoms with Crippen LogP contribution in [0.3, 0.4) is 0 Å². The highest BCUT2D eigenvalue weighted by Gasteiger charge is 2.35. The van der Waals surface area contributed by atoms with Crippen LogP contribution in [0.1, 0.15) is 29.8 Å². The van der Waals surface area contributed by atoms with Crippen LogP contribution < -0.4 is 14.8 Å². The number of likely N-dealkylation sites (N-methyl/N-ethyl adjacent to an activating group) is 1. The summed E-state index contributed by atoms with van der Waals surface area (Å²) in [7, 11) is -0.853. The van der Waals surface area contributed by atoms with E-state index >= 15 is 0 Å². The monoisotopic (exact) mass is 595 g/mol. The van der Waals surface area contributed by atoms with Gasteiger partial charge in [-0.25, -0.2) is 8.42 Å². The summed E-state index contributed by atoms with van der Waals surface area (Å²) < 4.78 is 39.4. The van der Waals surface area contributed by atoms with Crippen LogP contribution in [0.2, 0.25) is 0 Å². The summed E-state index contributed by atoms with van der Waals surface area (Å²) in [6.45, 7) is 3.61. The van der Waals surface area contributed by atoms with Crippen molar-refractivity contribution in [2.24, 2.45) is 5.92 Å². The van der Waals surface area contributed by atoms with Gasteiger partial charge in [0.25, 0.3) is 5.91 Å². The van der Waals surface area contributed by atoms with E-state index in [0.29, 0.717) is 11.4 Å². The average Bonchev–Trinajstić information content (AvgIpc) is 2.99. The number of ether oxygens (including phenoxy) is 2. The third-order valence-corrected chi connectivity index (χ3v) is 9.20. The first-order valence-corrected chi connectivity index (χ1v) is 15.1. The summed E-state index contributed by atoms with van der Waals surface area (Å²) in [5.74, 6) is -0.0607. The summed E-state index contributed by atoms with van der Waals surface area (Å²) in [6, 6.07) is 19.8. The number of hydrogen-bond acceptors (Lipinski definition) is 7. The number of anilines is 1. The lowest BCUT2D eigenvalue weighted by Gasteiger charge is -2.38. The van der Waals surface area contributed by atoms with Gasteiger partial charge in [-0.15, -0.1) is 0 Å². The van der Waals surface area contributed by atoms with Crippen molar-refractivity contribution in [2.75, 3.05) is 39.2 Å². The SMILES string of the molecule is COc1ccc(S(=O)(=O)N(C)C[C@@H]2Oc3ccc(NC(=O)Cc4ccccc4)cc3C(=O)N([C@@H](C)CO)C[C@H]2C)cc1. The molecule has 0 aromatic heterocycles. The van der Waals surface area contributed by atoms with Crippen LogP contribution in [-0.2, 0) is 21.2 Å². The zero-order valence-corrected chi connectivity index (χ0v) is 25.0. The van der Waals surface area contributed by atoms with E-state index in [1.807, 2.05) is 37.3 Å². The summed E-state index contributed by atoms with van der Waals surface area (Å²) in [6.07, 6.45) is -0.452. The number of carbonyl (C=O) groups is 2. The molecule has 0 saturated heterocycles. The molecule has 1 heterocycles. The topological polar surface area (TPSA) is 125 Å². The number of rotatable bonds is 10. The smallest absolute Gasteiger partial charge is 0.258 e. The lowest BCUT2D eigenvalue weighted by atomic mass is 9.99. The van der Waals surface area contributed by atoms with Crippen LogP contribution in [-0.4, -0.2) is 80.5 Å². The Morgan fingerprint density at radius 2 is 1.83 bits per heavy atom. The molecule has 3 aromatic rings. The van der Waals surface area contributed by atoms with Crippen molar-refractivity contribution in [1.82, 2.24) is 9.21 Å². The van der Waals surface area contributed by atoms with Gasteiger partial charge < -0.3 is 24.8 Å². The van der Waals surface area contributed by atoms with Crippen molar-refractivity contribution >= 4 is 27.5 Å². The van der Waals surface area contributed by atoms with E-state index in [1.54, 1.807) is 42.2 Å². The van der Waals surface area contributed by atoms with Crippen LogP contribution >= 0.6 is 0 Å². The van der Waals surface area contributed by atoms with Gasteiger partial charge in [0.05, 0.1) is 43.2 Å². The second-order valence-corrected chi connectivity index (χ2v) is 12.6. The molecule has 42 heavy (non-hydrogen) atoms. The van der Waals surface area contributed by atoms with Gasteiger partial charge in [-0.05, 0) is 55.0 Å². The minimum atomic E-state index is -3.85. The highest BCUT2D eigenvalue weighted by molar-refractivity contribution is 7.89. The van der Waals surface area contributed by atoms with Crippen LogP contribution in [0.15, 0.2) is 77.7 Å². The molecule has 224 valence electrons. The Morgan fingerprint density at radius 3 is 2.48 bits per heavy atom. The summed E-state index contributed by atoms with van der Waals surface area (Å²) in [4.78, 5) is 28.1. The number of aliphatic hydroxyl groups excluding tert-OH is 1. The predicted octanol–water partition coefficient (Wildman–Crippen LogP) is 3.42. The van der Waals surface area contributed by atoms with Gasteiger partial charge in [-0.2, -0.15) is 4.31 Å². The second-order valence-electron chi connectivity index (χ2n) is 10.5. The molecule has 1 aliphatic heterocycles. The zero-order valence-electron chi connectivity index (χ0n) is 24.2. The van der Waals surface area contributed by atoms with Gasteiger partial charge in [-0.1, -0.05) is 37.3 Å². The molecule has 1 aliphatic rings. The number of nitrogens with one attached hydrogen (secondary N) is 1. The number of nitrogens with zero attached hydrogens (tertiary/aromatic N) is 2. The van der Waals surface area contributed by atoms with Crippen LogP contribution in [0.25, 0.3) is 0 Å². The van der Waals surface area contributed by atoms with Crippen molar-refractivity contribution in [3.8, 4) is 11.5 Å². The summed E-state index contributed by atoms with van der Waals surface area (Å²) in [5.41, 5.74) is 1.49. The molecular weight excluding hydrogens is 558 g/mol. The Kier molecular flexibility index (Phi) is 9.87. The number of benzene rings is 3. The largest absolute Gasteiger partial charge is 0.497 e. The lowest BCUT2D eigenvalue weighted by molar-refractivity contribution is -0.115. The van der Waals surface area contributed by atoms with Crippen LogP contribution in [0, 0.1) is 5.92 Å². The molecule has 10 nitrogen and oxygen atoms in total. The molecule has 4 rings (SSSR count). The van der Waals surface area contributed by atoms with E-state index in [2.05, 4.69) is 5.32 Å². The van der Waals surface area contributed by atoms with Crippen molar-refractivity contribution in [2.45, 2.75) is 37.3 Å². The standard InChI is InChI=1S/C31H37N3O7S/c1-21-18-34(22(2)20-35)31(37)27-17-24(32-30(36)16-23-8-6-5-7-9-23)10-15-28(27)41-29(21)19-33(3)42(38,39)26-13-11-25(40-4)12-14-26/h5-15,17,21-22,29,35H,16,18-20H2,1-4H3,(H,32,36)/t21-,22+,29+/m1/s1. The Morgan fingerprint density at radius 1 is 1.14 bits per heavy atom. The Hall–Kier alpha value is -3.93. The van der Waals surface area contributed by atoms with E-state index in [-0.39, 0.29) is 60.1 Å². The van der Waals surface area contributed by atoms with Gasteiger partial charge in [0, 0.05) is 25.2 Å². The molecule has 2 N–H and O–H groups in total. The fourth-order valence-electron chi connectivity index (χ4n) is 4.78. The summed E-state index contributed by atoms with van der Waals surface area (Å²) >= 11 is 0. The quantitative estimate of drug-likeness (QED) is 0.368.